The Kier molecular flexibility index (Phi) is 6.50. The molecule has 3 aliphatic rings. The molecule has 5 heterocycles. The van der Waals surface area contributed by atoms with Gasteiger partial charge in [0, 0.05) is 18.9 Å². The van der Waals surface area contributed by atoms with Gasteiger partial charge in [-0.1, -0.05) is 6.07 Å². The lowest BCUT2D eigenvalue weighted by Crippen LogP contribution is -2.53. The molecule has 2 aromatic heterocycles. The molecule has 2 unspecified atom stereocenters. The fraction of sp³-hybridized carbons (Fsp3) is 0.148. The Morgan fingerprint density at radius 2 is 2.02 bits per heavy atom. The number of benzene rings is 1. The van der Waals surface area contributed by atoms with Crippen LogP contribution in [0.1, 0.15) is 39.3 Å². The topological polar surface area (TPSA) is 139 Å². The third-order valence-electron chi connectivity index (χ3n) is 6.88. The zero-order chi connectivity index (χ0) is 27.9. The smallest absolute Gasteiger partial charge is 0.273 e. The Bertz CT molecular complexity index is 1660. The molecule has 6 rings (SSSR count). The number of hydrogen-bond acceptors (Lipinski definition) is 8. The first-order chi connectivity index (χ1) is 19.3. The van der Waals surface area contributed by atoms with E-state index in [0.29, 0.717) is 41.6 Å². The minimum atomic E-state index is -0.747. The van der Waals surface area contributed by atoms with Crippen molar-refractivity contribution in [1.82, 2.24) is 19.9 Å². The Morgan fingerprint density at radius 1 is 1.15 bits per heavy atom. The molecule has 0 saturated carbocycles. The van der Waals surface area contributed by atoms with Crippen molar-refractivity contribution in [2.75, 3.05) is 11.9 Å². The van der Waals surface area contributed by atoms with Gasteiger partial charge in [-0.25, -0.2) is 19.3 Å². The Balaban J connectivity index is 1.33. The van der Waals surface area contributed by atoms with Gasteiger partial charge in [0.2, 0.25) is 11.0 Å². The predicted octanol–water partition coefficient (Wildman–Crippen LogP) is 3.44. The lowest BCUT2D eigenvalue weighted by atomic mass is 10.1. The van der Waals surface area contributed by atoms with Crippen LogP contribution in [0.15, 0.2) is 88.6 Å². The van der Waals surface area contributed by atoms with Crippen LogP contribution in [-0.4, -0.2) is 60.9 Å². The maximum absolute atomic E-state index is 15.3. The van der Waals surface area contributed by atoms with Gasteiger partial charge < -0.3 is 10.2 Å². The molecule has 0 spiro atoms. The molecule has 0 aliphatic carbocycles. The molecule has 0 bridgehead atoms. The molecule has 3 aliphatic heterocycles. The first-order valence-corrected chi connectivity index (χ1v) is 12.8. The molecule has 3 N–H and O–H groups in total. The number of rotatable bonds is 5. The molecule has 3 aromatic rings. The molecule has 13 heteroatoms. The van der Waals surface area contributed by atoms with Crippen LogP contribution in [0, 0.1) is 5.82 Å². The maximum atomic E-state index is 15.3. The first-order valence-electron chi connectivity index (χ1n) is 12.4. The summed E-state index contributed by atoms with van der Waals surface area (Å²) in [6.45, 7) is 0.485. The summed E-state index contributed by atoms with van der Waals surface area (Å²) < 4.78 is 14.9. The summed E-state index contributed by atoms with van der Waals surface area (Å²) in [5, 5.41) is 2.55. The van der Waals surface area contributed by atoms with Crippen LogP contribution >= 0.6 is 11.6 Å². The molecule has 200 valence electrons. The van der Waals surface area contributed by atoms with Gasteiger partial charge in [0.25, 0.3) is 17.6 Å². The SMILES string of the molecule is N[N+]12C=CN=CC1=C(C1CCCN1C(=O)c1ccnc(Cl)n1)N=C2c1ccc(C(=O)Nc2ccccn2)c(F)c1. The summed E-state index contributed by atoms with van der Waals surface area (Å²) >= 11 is 5.91. The molecule has 0 radical (unpaired) electrons. The van der Waals surface area contributed by atoms with Crippen molar-refractivity contribution < 1.29 is 18.6 Å². The van der Waals surface area contributed by atoms with Crippen molar-refractivity contribution in [3.63, 3.8) is 0 Å². The van der Waals surface area contributed by atoms with E-state index in [4.69, 9.17) is 22.4 Å². The number of anilines is 1. The van der Waals surface area contributed by atoms with E-state index in [0.717, 1.165) is 6.42 Å². The number of amidine groups is 1. The van der Waals surface area contributed by atoms with Crippen LogP contribution in [0.5, 0.6) is 0 Å². The molecule has 1 saturated heterocycles. The van der Waals surface area contributed by atoms with Crippen LogP contribution in [-0.2, 0) is 0 Å². The van der Waals surface area contributed by atoms with Gasteiger partial charge in [-0.3, -0.25) is 14.6 Å². The van der Waals surface area contributed by atoms with Gasteiger partial charge in [0.1, 0.15) is 29.2 Å². The number of nitrogens with zero attached hydrogens (tertiary/aromatic N) is 7. The number of aliphatic imine (C=N–C) groups is 2. The third-order valence-corrected chi connectivity index (χ3v) is 7.06. The van der Waals surface area contributed by atoms with Gasteiger partial charge in [0.05, 0.1) is 29.6 Å². The first kappa shape index (κ1) is 25.6. The Morgan fingerprint density at radius 3 is 2.80 bits per heavy atom. The number of carbonyl (C=O) groups excluding carboxylic acids is 2. The number of amides is 2. The second kappa shape index (κ2) is 10.2. The lowest BCUT2D eigenvalue weighted by Gasteiger charge is -2.27. The summed E-state index contributed by atoms with van der Waals surface area (Å²) in [6.07, 6.45) is 9.09. The van der Waals surface area contributed by atoms with Crippen molar-refractivity contribution in [2.45, 2.75) is 18.9 Å². The number of halogens is 2. The van der Waals surface area contributed by atoms with Gasteiger partial charge in [-0.2, -0.15) is 10.8 Å². The number of fused-ring (bicyclic) bond motifs is 1. The largest absolute Gasteiger partial charge is 0.328 e. The number of nitrogens with two attached hydrogens (primary N) is 1. The summed E-state index contributed by atoms with van der Waals surface area (Å²) in [6, 6.07) is 10.3. The number of hydrogen-bond donors (Lipinski definition) is 2. The fourth-order valence-electron chi connectivity index (χ4n) is 5.00. The third kappa shape index (κ3) is 4.47. The molecule has 2 atom stereocenters. The van der Waals surface area contributed by atoms with E-state index < -0.39 is 17.8 Å². The summed E-state index contributed by atoms with van der Waals surface area (Å²) in [5.74, 6) is 5.76. The molecular formula is C27H22ClFN9O2+. The second-order valence-electron chi connectivity index (χ2n) is 9.29. The standard InChI is InChI=1S/C27H21ClFN9O2/c28-27-33-10-8-19(34-27)26(40)37-12-3-4-20(37)23-21-15-31-11-13-38(21,30)24(36-23)16-6-7-17(18(29)14-16)25(39)35-22-5-1-2-9-32-22/h1-2,5-11,13-15,20H,3-4,12,30H2/p+1. The highest BCUT2D eigenvalue weighted by molar-refractivity contribution is 6.28. The van der Waals surface area contributed by atoms with Crippen LogP contribution in [0.2, 0.25) is 5.28 Å². The monoisotopic (exact) mass is 558 g/mol. The Hall–Kier alpha value is -4.65. The number of nitrogens with one attached hydrogen (secondary N) is 1. The van der Waals surface area contributed by atoms with E-state index in [1.807, 2.05) is 0 Å². The molecule has 11 nitrogen and oxygen atoms in total. The minimum Gasteiger partial charge on any atom is -0.328 e. The predicted molar refractivity (Wildman–Crippen MR) is 145 cm³/mol. The van der Waals surface area contributed by atoms with Crippen molar-refractivity contribution in [3.05, 3.63) is 107 Å². The molecule has 1 aromatic carbocycles. The number of quaternary nitrogens is 1. The van der Waals surface area contributed by atoms with E-state index in [9.17, 15) is 9.59 Å². The highest BCUT2D eigenvalue weighted by Crippen LogP contribution is 2.37. The quantitative estimate of drug-likeness (QED) is 0.279. The average molecular weight is 559 g/mol. The summed E-state index contributed by atoms with van der Waals surface area (Å²) in [4.78, 5) is 48.8. The van der Waals surface area contributed by atoms with Crippen molar-refractivity contribution in [2.24, 2.45) is 15.8 Å². The van der Waals surface area contributed by atoms with Gasteiger partial charge >= 0.3 is 0 Å². The van der Waals surface area contributed by atoms with E-state index in [2.05, 4.69) is 25.3 Å². The Labute approximate surface area is 232 Å². The molecule has 40 heavy (non-hydrogen) atoms. The second-order valence-corrected chi connectivity index (χ2v) is 9.63. The summed E-state index contributed by atoms with van der Waals surface area (Å²) in [7, 11) is 0. The number of carbonyl (C=O) groups is 2. The van der Waals surface area contributed by atoms with Crippen molar-refractivity contribution in [3.8, 4) is 0 Å². The molecule has 2 amide bonds. The highest BCUT2D eigenvalue weighted by atomic mass is 35.5. The zero-order valence-electron chi connectivity index (χ0n) is 20.9. The zero-order valence-corrected chi connectivity index (χ0v) is 21.7. The van der Waals surface area contributed by atoms with E-state index in [1.54, 1.807) is 41.6 Å². The van der Waals surface area contributed by atoms with Crippen molar-refractivity contribution in [1.29, 1.82) is 0 Å². The van der Waals surface area contributed by atoms with Crippen LogP contribution in [0.3, 0.4) is 0 Å². The summed E-state index contributed by atoms with van der Waals surface area (Å²) in [5.41, 5.74) is 1.50. The highest BCUT2D eigenvalue weighted by Gasteiger charge is 2.48. The minimum absolute atomic E-state index is 0.0221. The normalized spacial score (nSPS) is 21.4. The van der Waals surface area contributed by atoms with Gasteiger partial charge in [-0.05, 0) is 60.8 Å². The molecular weight excluding hydrogens is 537 g/mol. The van der Waals surface area contributed by atoms with Gasteiger partial charge in [-0.15, -0.1) is 4.59 Å². The van der Waals surface area contributed by atoms with E-state index in [-0.39, 0.29) is 27.0 Å². The van der Waals surface area contributed by atoms with Gasteiger partial charge in [0.15, 0.2) is 0 Å². The van der Waals surface area contributed by atoms with E-state index >= 15 is 4.39 Å². The molecule has 1 fully saturated rings. The number of likely N-dealkylation sites (tertiary alicyclic amines) is 1. The number of pyridine rings is 1. The van der Waals surface area contributed by atoms with Crippen LogP contribution in [0.4, 0.5) is 10.2 Å². The fourth-order valence-corrected chi connectivity index (χ4v) is 5.15. The van der Waals surface area contributed by atoms with Crippen LogP contribution in [0.25, 0.3) is 0 Å². The van der Waals surface area contributed by atoms with Crippen molar-refractivity contribution >= 4 is 41.3 Å². The maximum Gasteiger partial charge on any atom is 0.273 e. The van der Waals surface area contributed by atoms with Crippen LogP contribution < -0.4 is 11.2 Å². The number of allylic oxidation sites excluding steroid dienone is 1. The average Bonchev–Trinajstić information content (AvgIpc) is 3.55. The number of aromatic nitrogens is 3. The lowest BCUT2D eigenvalue weighted by molar-refractivity contribution is -0.750. The van der Waals surface area contributed by atoms with E-state index in [1.165, 1.54) is 36.8 Å².